The van der Waals surface area contributed by atoms with Crippen molar-refractivity contribution in [3.8, 4) is 5.75 Å². The zero-order valence-electron chi connectivity index (χ0n) is 17.0. The van der Waals surface area contributed by atoms with E-state index in [2.05, 4.69) is 60.6 Å². The van der Waals surface area contributed by atoms with Crippen LogP contribution in [0, 0.1) is 0 Å². The number of aryl methyl sites for hydroxylation is 1. The summed E-state index contributed by atoms with van der Waals surface area (Å²) < 4.78 is 6.09. The number of fused-ring (bicyclic) bond motifs is 2. The molecule has 1 saturated heterocycles. The van der Waals surface area contributed by atoms with Crippen LogP contribution in [0.15, 0.2) is 48.5 Å². The Morgan fingerprint density at radius 3 is 2.61 bits per heavy atom. The maximum absolute atomic E-state index is 11.4. The number of hydrogen-bond acceptors (Lipinski definition) is 4. The second-order valence-corrected chi connectivity index (χ2v) is 8.17. The second-order valence-electron chi connectivity index (χ2n) is 8.17. The number of nitrogens with zero attached hydrogens (tertiary/aromatic N) is 1. The van der Waals surface area contributed by atoms with E-state index in [4.69, 9.17) is 4.74 Å². The number of benzene rings is 2. The van der Waals surface area contributed by atoms with Gasteiger partial charge in [-0.25, -0.2) is 0 Å². The SMILES string of the molecule is CCc1ccccc1OCCN(C)[C@@H]1c2ccccc2C2(CCNCC2)[C@H]1O. The summed E-state index contributed by atoms with van der Waals surface area (Å²) in [5, 5.41) is 14.9. The van der Waals surface area contributed by atoms with Crippen LogP contribution >= 0.6 is 0 Å². The predicted molar refractivity (Wildman–Crippen MR) is 113 cm³/mol. The molecule has 2 aromatic rings. The van der Waals surface area contributed by atoms with E-state index in [0.717, 1.165) is 44.6 Å². The van der Waals surface area contributed by atoms with Gasteiger partial charge in [-0.3, -0.25) is 4.90 Å². The summed E-state index contributed by atoms with van der Waals surface area (Å²) in [7, 11) is 2.11. The Balaban J connectivity index is 1.49. The summed E-state index contributed by atoms with van der Waals surface area (Å²) in [5.41, 5.74) is 3.76. The van der Waals surface area contributed by atoms with Gasteiger partial charge in [-0.2, -0.15) is 0 Å². The number of likely N-dealkylation sites (N-methyl/N-ethyl adjacent to an activating group) is 1. The van der Waals surface area contributed by atoms with Gasteiger partial charge < -0.3 is 15.2 Å². The maximum Gasteiger partial charge on any atom is 0.122 e. The maximum atomic E-state index is 11.4. The molecular formula is C24H32N2O2. The van der Waals surface area contributed by atoms with Gasteiger partial charge >= 0.3 is 0 Å². The van der Waals surface area contributed by atoms with Gasteiger partial charge in [-0.05, 0) is 62.2 Å². The van der Waals surface area contributed by atoms with Gasteiger partial charge in [0.2, 0.25) is 0 Å². The molecule has 0 radical (unpaired) electrons. The van der Waals surface area contributed by atoms with E-state index in [-0.39, 0.29) is 17.6 Å². The Morgan fingerprint density at radius 1 is 1.11 bits per heavy atom. The van der Waals surface area contributed by atoms with Crippen LogP contribution in [0.5, 0.6) is 5.75 Å². The van der Waals surface area contributed by atoms with Crippen LogP contribution in [-0.2, 0) is 11.8 Å². The number of para-hydroxylation sites is 1. The zero-order chi connectivity index (χ0) is 19.6. The Hall–Kier alpha value is -1.88. The number of aliphatic hydroxyl groups is 1. The average molecular weight is 381 g/mol. The summed E-state index contributed by atoms with van der Waals surface area (Å²) in [5.74, 6) is 0.973. The number of nitrogens with one attached hydrogen (secondary N) is 1. The van der Waals surface area contributed by atoms with Gasteiger partial charge in [0.15, 0.2) is 0 Å². The first-order valence-corrected chi connectivity index (χ1v) is 10.6. The zero-order valence-corrected chi connectivity index (χ0v) is 17.0. The quantitative estimate of drug-likeness (QED) is 0.807. The lowest BCUT2D eigenvalue weighted by Crippen LogP contribution is -2.48. The Morgan fingerprint density at radius 2 is 1.82 bits per heavy atom. The fourth-order valence-corrected chi connectivity index (χ4v) is 5.13. The molecule has 1 aliphatic heterocycles. The van der Waals surface area contributed by atoms with E-state index < -0.39 is 0 Å². The summed E-state index contributed by atoms with van der Waals surface area (Å²) in [6, 6.07) is 16.9. The topological polar surface area (TPSA) is 44.7 Å². The summed E-state index contributed by atoms with van der Waals surface area (Å²) >= 11 is 0. The van der Waals surface area contributed by atoms with Gasteiger partial charge in [0, 0.05) is 12.0 Å². The van der Waals surface area contributed by atoms with Crippen molar-refractivity contribution in [2.75, 3.05) is 33.3 Å². The molecule has 2 aromatic carbocycles. The molecule has 0 amide bonds. The van der Waals surface area contributed by atoms with Crippen LogP contribution in [0.2, 0.25) is 0 Å². The molecule has 4 heteroatoms. The highest BCUT2D eigenvalue weighted by Crippen LogP contribution is 2.51. The first-order chi connectivity index (χ1) is 13.7. The highest BCUT2D eigenvalue weighted by molar-refractivity contribution is 5.45. The van der Waals surface area contributed by atoms with E-state index >= 15 is 0 Å². The minimum Gasteiger partial charge on any atom is -0.492 e. The van der Waals surface area contributed by atoms with Gasteiger partial charge in [-0.1, -0.05) is 49.4 Å². The molecule has 1 spiro atoms. The predicted octanol–water partition coefficient (Wildman–Crippen LogP) is 3.30. The van der Waals surface area contributed by atoms with Crippen LogP contribution in [-0.4, -0.2) is 49.4 Å². The lowest BCUT2D eigenvalue weighted by molar-refractivity contribution is 0.00356. The molecule has 0 saturated carbocycles. The van der Waals surface area contributed by atoms with Crippen LogP contribution in [0.4, 0.5) is 0 Å². The number of hydrogen-bond donors (Lipinski definition) is 2. The van der Waals surface area contributed by atoms with Crippen LogP contribution in [0.25, 0.3) is 0 Å². The Bertz CT molecular complexity index is 801. The van der Waals surface area contributed by atoms with E-state index in [1.807, 2.05) is 12.1 Å². The second kappa shape index (κ2) is 8.24. The Labute approximate surface area is 168 Å². The first kappa shape index (κ1) is 19.4. The molecule has 4 nitrogen and oxygen atoms in total. The average Bonchev–Trinajstić information content (AvgIpc) is 2.97. The highest BCUT2D eigenvalue weighted by Gasteiger charge is 2.52. The third-order valence-corrected chi connectivity index (χ3v) is 6.71. The lowest BCUT2D eigenvalue weighted by atomic mass is 9.72. The molecule has 0 aromatic heterocycles. The molecule has 28 heavy (non-hydrogen) atoms. The minimum atomic E-state index is -0.375. The van der Waals surface area contributed by atoms with Crippen LogP contribution < -0.4 is 10.1 Å². The molecule has 2 atom stereocenters. The smallest absolute Gasteiger partial charge is 0.122 e. The number of piperidine rings is 1. The minimum absolute atomic E-state index is 0.0271. The van der Waals surface area contributed by atoms with Gasteiger partial charge in [0.1, 0.15) is 12.4 Å². The molecule has 150 valence electrons. The van der Waals surface area contributed by atoms with Crippen molar-refractivity contribution in [3.05, 3.63) is 65.2 Å². The highest BCUT2D eigenvalue weighted by atomic mass is 16.5. The largest absolute Gasteiger partial charge is 0.492 e. The standard InChI is InChI=1S/C24H32N2O2/c1-3-18-8-4-7-11-21(18)28-17-16-26(2)22-19-9-5-6-10-20(19)24(23(22)27)12-14-25-15-13-24/h4-11,22-23,25,27H,3,12-17H2,1-2H3/t22-,23+/m1/s1. The van der Waals surface area contributed by atoms with Crippen molar-refractivity contribution in [2.45, 2.75) is 43.7 Å². The molecule has 0 unspecified atom stereocenters. The third kappa shape index (κ3) is 3.34. The number of rotatable bonds is 6. The molecule has 2 N–H and O–H groups in total. The molecule has 0 bridgehead atoms. The normalized spacial score (nSPS) is 23.1. The van der Waals surface area contributed by atoms with E-state index in [1.54, 1.807) is 0 Å². The van der Waals surface area contributed by atoms with Crippen LogP contribution in [0.3, 0.4) is 0 Å². The summed E-state index contributed by atoms with van der Waals surface area (Å²) in [6.07, 6.45) is 2.59. The third-order valence-electron chi connectivity index (χ3n) is 6.71. The van der Waals surface area contributed by atoms with Crippen molar-refractivity contribution in [1.29, 1.82) is 0 Å². The first-order valence-electron chi connectivity index (χ1n) is 10.6. The summed E-state index contributed by atoms with van der Waals surface area (Å²) in [6.45, 7) is 5.49. The van der Waals surface area contributed by atoms with Crippen molar-refractivity contribution < 1.29 is 9.84 Å². The number of ether oxygens (including phenoxy) is 1. The molecule has 2 aliphatic rings. The molecule has 1 aliphatic carbocycles. The van der Waals surface area contributed by atoms with Gasteiger partial charge in [0.25, 0.3) is 0 Å². The molecular weight excluding hydrogens is 348 g/mol. The van der Waals surface area contributed by atoms with Gasteiger partial charge in [0.05, 0.1) is 12.1 Å². The van der Waals surface area contributed by atoms with Crippen LogP contribution in [0.1, 0.15) is 42.5 Å². The van der Waals surface area contributed by atoms with E-state index in [9.17, 15) is 5.11 Å². The molecule has 4 rings (SSSR count). The van der Waals surface area contributed by atoms with Crippen molar-refractivity contribution in [2.24, 2.45) is 0 Å². The van der Waals surface area contributed by atoms with Gasteiger partial charge in [-0.15, -0.1) is 0 Å². The fourth-order valence-electron chi connectivity index (χ4n) is 5.13. The summed E-state index contributed by atoms with van der Waals surface area (Å²) in [4.78, 5) is 2.27. The fraction of sp³-hybridized carbons (Fsp3) is 0.500. The van der Waals surface area contributed by atoms with E-state index in [1.165, 1.54) is 16.7 Å². The molecule has 1 heterocycles. The molecule has 1 fully saturated rings. The number of aliphatic hydroxyl groups excluding tert-OH is 1. The lowest BCUT2D eigenvalue weighted by Gasteiger charge is -2.40. The van der Waals surface area contributed by atoms with Crippen molar-refractivity contribution >= 4 is 0 Å². The van der Waals surface area contributed by atoms with Crippen molar-refractivity contribution in [1.82, 2.24) is 10.2 Å². The van der Waals surface area contributed by atoms with E-state index in [0.29, 0.717) is 6.61 Å². The Kier molecular flexibility index (Phi) is 5.72. The monoisotopic (exact) mass is 380 g/mol. The van der Waals surface area contributed by atoms with Crippen molar-refractivity contribution in [3.63, 3.8) is 0 Å².